The summed E-state index contributed by atoms with van der Waals surface area (Å²) < 4.78 is 35.7. The molecule has 1 N–H and O–H groups in total. The highest BCUT2D eigenvalue weighted by molar-refractivity contribution is 5.87. The minimum Gasteiger partial charge on any atom is -0.364 e. The predicted octanol–water partition coefficient (Wildman–Crippen LogP) is 1.58. The van der Waals surface area contributed by atoms with Gasteiger partial charge in [-0.05, 0) is 13.8 Å². The van der Waals surface area contributed by atoms with Crippen LogP contribution in [-0.4, -0.2) is 25.1 Å². The van der Waals surface area contributed by atoms with Crippen LogP contribution in [0.3, 0.4) is 0 Å². The molecule has 0 atom stereocenters. The molecular formula is C6H11F3N2. The van der Waals surface area contributed by atoms with Gasteiger partial charge in [0.2, 0.25) is 5.84 Å². The molecule has 11 heavy (non-hydrogen) atoms. The lowest BCUT2D eigenvalue weighted by molar-refractivity contribution is -0.0622. The number of alkyl halides is 3. The van der Waals surface area contributed by atoms with E-state index < -0.39 is 12.0 Å². The molecule has 5 heteroatoms. The summed E-state index contributed by atoms with van der Waals surface area (Å²) in [6.45, 7) is 3.24. The zero-order valence-electron chi connectivity index (χ0n) is 6.66. The van der Waals surface area contributed by atoms with Crippen LogP contribution in [0.4, 0.5) is 13.2 Å². The lowest BCUT2D eigenvalue weighted by atomic mass is 10.4. The number of nitrogens with zero attached hydrogens (tertiary/aromatic N) is 1. The predicted molar refractivity (Wildman–Crippen MR) is 37.7 cm³/mol. The molecule has 0 aromatic carbocycles. The molecule has 0 radical (unpaired) electrons. The van der Waals surface area contributed by atoms with Crippen molar-refractivity contribution in [2.75, 3.05) is 7.05 Å². The van der Waals surface area contributed by atoms with Crippen LogP contribution in [0.2, 0.25) is 0 Å². The van der Waals surface area contributed by atoms with E-state index in [0.717, 1.165) is 7.05 Å². The quantitative estimate of drug-likeness (QED) is 0.466. The second-order valence-electron chi connectivity index (χ2n) is 2.37. The smallest absolute Gasteiger partial charge is 0.364 e. The van der Waals surface area contributed by atoms with Crippen LogP contribution in [0, 0.1) is 0 Å². The number of hydrogen-bond donors (Lipinski definition) is 1. The Morgan fingerprint density at radius 2 is 1.82 bits per heavy atom. The molecule has 0 unspecified atom stereocenters. The van der Waals surface area contributed by atoms with Crippen LogP contribution < -0.4 is 5.32 Å². The number of hydrogen-bond acceptors (Lipinski definition) is 1. The van der Waals surface area contributed by atoms with Crippen molar-refractivity contribution in [1.29, 1.82) is 0 Å². The second-order valence-corrected chi connectivity index (χ2v) is 2.37. The number of amidine groups is 1. The van der Waals surface area contributed by atoms with Crippen molar-refractivity contribution in [2.45, 2.75) is 26.1 Å². The average molecular weight is 168 g/mol. The van der Waals surface area contributed by atoms with Gasteiger partial charge in [0.15, 0.2) is 0 Å². The lowest BCUT2D eigenvalue weighted by Gasteiger charge is -2.14. The first-order valence-corrected chi connectivity index (χ1v) is 3.18. The molecule has 0 aromatic heterocycles. The fraction of sp³-hybridized carbons (Fsp3) is 0.833. The Bertz CT molecular complexity index is 148. The maximum absolute atomic E-state index is 11.9. The first kappa shape index (κ1) is 10.3. The summed E-state index contributed by atoms with van der Waals surface area (Å²) in [6.07, 6.45) is -4.36. The standard InChI is InChI=1S/C6H11F3N2/c1-4(2)11-5(10-3)6(7,8)9/h4H,1-3H3,(H,10,11). The summed E-state index contributed by atoms with van der Waals surface area (Å²) in [5.41, 5.74) is 0. The highest BCUT2D eigenvalue weighted by Gasteiger charge is 2.35. The third-order valence-corrected chi connectivity index (χ3v) is 0.918. The summed E-state index contributed by atoms with van der Waals surface area (Å²) in [7, 11) is 1.11. The monoisotopic (exact) mass is 168 g/mol. The fourth-order valence-corrected chi connectivity index (χ4v) is 0.547. The molecular weight excluding hydrogens is 157 g/mol. The molecule has 0 fully saturated rings. The molecule has 66 valence electrons. The average Bonchev–Trinajstić information content (AvgIpc) is 1.79. The molecule has 2 nitrogen and oxygen atoms in total. The van der Waals surface area contributed by atoms with Crippen molar-refractivity contribution in [3.63, 3.8) is 0 Å². The van der Waals surface area contributed by atoms with Crippen molar-refractivity contribution >= 4 is 5.84 Å². The van der Waals surface area contributed by atoms with E-state index in [-0.39, 0.29) is 6.04 Å². The zero-order valence-corrected chi connectivity index (χ0v) is 6.66. The maximum Gasteiger partial charge on any atom is 0.448 e. The van der Waals surface area contributed by atoms with Crippen molar-refractivity contribution < 1.29 is 13.2 Å². The van der Waals surface area contributed by atoms with Crippen molar-refractivity contribution in [3.05, 3.63) is 0 Å². The van der Waals surface area contributed by atoms with Gasteiger partial charge in [0.25, 0.3) is 0 Å². The van der Waals surface area contributed by atoms with E-state index in [2.05, 4.69) is 10.3 Å². The van der Waals surface area contributed by atoms with Crippen molar-refractivity contribution in [3.8, 4) is 0 Å². The number of rotatable bonds is 1. The molecule has 0 aliphatic rings. The molecule has 0 amide bonds. The summed E-state index contributed by atoms with van der Waals surface area (Å²) in [5.74, 6) is -0.924. The molecule has 0 saturated heterocycles. The Kier molecular flexibility index (Phi) is 3.35. The second kappa shape index (κ2) is 3.59. The molecule has 0 spiro atoms. The van der Waals surface area contributed by atoms with E-state index >= 15 is 0 Å². The molecule has 0 rings (SSSR count). The van der Waals surface area contributed by atoms with Crippen LogP contribution >= 0.6 is 0 Å². The lowest BCUT2D eigenvalue weighted by Crippen LogP contribution is -2.40. The summed E-state index contributed by atoms with van der Waals surface area (Å²) >= 11 is 0. The molecule has 0 bridgehead atoms. The molecule has 0 aromatic rings. The van der Waals surface area contributed by atoms with E-state index in [4.69, 9.17) is 0 Å². The Balaban J connectivity index is 4.21. The number of aliphatic imine (C=N–C) groups is 1. The van der Waals surface area contributed by atoms with Crippen LogP contribution in [0.1, 0.15) is 13.8 Å². The van der Waals surface area contributed by atoms with Gasteiger partial charge in [-0.25, -0.2) is 0 Å². The van der Waals surface area contributed by atoms with Gasteiger partial charge >= 0.3 is 6.18 Å². The topological polar surface area (TPSA) is 24.4 Å². The zero-order chi connectivity index (χ0) is 9.07. The fourth-order valence-electron chi connectivity index (χ4n) is 0.547. The van der Waals surface area contributed by atoms with Crippen molar-refractivity contribution in [2.24, 2.45) is 4.99 Å². The number of nitrogens with one attached hydrogen (secondary N) is 1. The minimum absolute atomic E-state index is 0.254. The van der Waals surface area contributed by atoms with E-state index in [1.807, 2.05) is 0 Å². The van der Waals surface area contributed by atoms with Crippen LogP contribution in [0.25, 0.3) is 0 Å². The molecule has 0 saturated carbocycles. The Hall–Kier alpha value is -0.740. The van der Waals surface area contributed by atoms with Gasteiger partial charge in [-0.2, -0.15) is 13.2 Å². The Morgan fingerprint density at radius 1 is 1.36 bits per heavy atom. The van der Waals surface area contributed by atoms with Gasteiger partial charge in [-0.15, -0.1) is 0 Å². The SMILES string of the molecule is CN=C(NC(C)C)C(F)(F)F. The highest BCUT2D eigenvalue weighted by atomic mass is 19.4. The first-order valence-electron chi connectivity index (χ1n) is 3.18. The van der Waals surface area contributed by atoms with E-state index in [1.54, 1.807) is 13.8 Å². The largest absolute Gasteiger partial charge is 0.448 e. The van der Waals surface area contributed by atoms with Gasteiger partial charge < -0.3 is 5.32 Å². The molecule has 0 aliphatic carbocycles. The number of halogens is 3. The Labute approximate surface area is 63.5 Å². The Morgan fingerprint density at radius 3 is 1.91 bits per heavy atom. The highest BCUT2D eigenvalue weighted by Crippen LogP contribution is 2.15. The molecule has 0 aliphatic heterocycles. The summed E-state index contributed by atoms with van der Waals surface area (Å²) in [4.78, 5) is 3.08. The van der Waals surface area contributed by atoms with Gasteiger partial charge in [0, 0.05) is 13.1 Å². The van der Waals surface area contributed by atoms with Gasteiger partial charge in [0.05, 0.1) is 0 Å². The maximum atomic E-state index is 11.9. The normalized spacial score (nSPS) is 13.9. The minimum atomic E-state index is -4.36. The van der Waals surface area contributed by atoms with Crippen molar-refractivity contribution in [1.82, 2.24) is 5.32 Å². The van der Waals surface area contributed by atoms with Gasteiger partial charge in [-0.1, -0.05) is 0 Å². The third kappa shape index (κ3) is 3.85. The van der Waals surface area contributed by atoms with Crippen LogP contribution in [-0.2, 0) is 0 Å². The van der Waals surface area contributed by atoms with Gasteiger partial charge in [-0.3, -0.25) is 4.99 Å². The van der Waals surface area contributed by atoms with E-state index in [1.165, 1.54) is 0 Å². The van der Waals surface area contributed by atoms with Crippen LogP contribution in [0.5, 0.6) is 0 Å². The van der Waals surface area contributed by atoms with E-state index in [9.17, 15) is 13.2 Å². The molecule has 0 heterocycles. The first-order chi connectivity index (χ1) is 4.88. The van der Waals surface area contributed by atoms with Gasteiger partial charge in [0.1, 0.15) is 0 Å². The summed E-state index contributed by atoms with van der Waals surface area (Å²) in [6, 6.07) is -0.254. The third-order valence-electron chi connectivity index (χ3n) is 0.918. The van der Waals surface area contributed by atoms with Crippen LogP contribution in [0.15, 0.2) is 4.99 Å². The summed E-state index contributed by atoms with van der Waals surface area (Å²) in [5, 5.41) is 2.19. The van der Waals surface area contributed by atoms with E-state index in [0.29, 0.717) is 0 Å².